The van der Waals surface area contributed by atoms with E-state index in [1.807, 2.05) is 26.0 Å². The summed E-state index contributed by atoms with van der Waals surface area (Å²) in [5.41, 5.74) is 2.84. The zero-order valence-electron chi connectivity index (χ0n) is 8.35. The predicted octanol–water partition coefficient (Wildman–Crippen LogP) is 3.24. The first-order chi connectivity index (χ1) is 6.56. The maximum atomic E-state index is 10.8. The Labute approximate surface area is 91.6 Å². The number of benzene rings is 1. The van der Waals surface area contributed by atoms with Crippen LogP contribution in [0, 0.1) is 13.8 Å². The quantitative estimate of drug-likeness (QED) is 0.653. The average Bonchev–Trinajstić information content (AvgIpc) is 2.13. The molecule has 0 bridgehead atoms. The van der Waals surface area contributed by atoms with Gasteiger partial charge in [0.25, 0.3) is 4.82 Å². The summed E-state index contributed by atoms with van der Waals surface area (Å²) >= 11 is 2.82. The molecule has 0 aliphatic carbocycles. The van der Waals surface area contributed by atoms with E-state index in [0.29, 0.717) is 0 Å². The van der Waals surface area contributed by atoms with E-state index in [9.17, 15) is 4.79 Å². The number of hydrogen-bond acceptors (Lipinski definition) is 2. The standard InChI is InChI=1S/C10H12BrNO2/c1-6-7(2)9(14-3)5-4-8(6)12-10(11)13/h4-5H,1-3H3,(H,12,13). The number of carbonyl (C=O) groups is 1. The lowest BCUT2D eigenvalue weighted by Crippen LogP contribution is -2.03. The van der Waals surface area contributed by atoms with Crippen LogP contribution in [0.5, 0.6) is 5.75 Å². The summed E-state index contributed by atoms with van der Waals surface area (Å²) in [5.74, 6) is 0.829. The molecule has 1 rings (SSSR count). The molecule has 1 aromatic rings. The zero-order valence-corrected chi connectivity index (χ0v) is 9.94. The van der Waals surface area contributed by atoms with Gasteiger partial charge in [0, 0.05) is 21.6 Å². The van der Waals surface area contributed by atoms with E-state index >= 15 is 0 Å². The first kappa shape index (κ1) is 11.0. The van der Waals surface area contributed by atoms with Crippen LogP contribution in [0.25, 0.3) is 0 Å². The molecule has 0 atom stereocenters. The van der Waals surface area contributed by atoms with Crippen LogP contribution in [0.3, 0.4) is 0 Å². The number of nitrogens with one attached hydrogen (secondary N) is 1. The van der Waals surface area contributed by atoms with Gasteiger partial charge in [-0.25, -0.2) is 0 Å². The van der Waals surface area contributed by atoms with Gasteiger partial charge in [0.05, 0.1) is 7.11 Å². The van der Waals surface area contributed by atoms with Gasteiger partial charge >= 0.3 is 0 Å². The van der Waals surface area contributed by atoms with Crippen molar-refractivity contribution in [2.24, 2.45) is 0 Å². The summed E-state index contributed by atoms with van der Waals surface area (Å²) < 4.78 is 5.16. The van der Waals surface area contributed by atoms with Crippen molar-refractivity contribution in [3.63, 3.8) is 0 Å². The van der Waals surface area contributed by atoms with Gasteiger partial charge in [0.15, 0.2) is 0 Å². The highest BCUT2D eigenvalue weighted by atomic mass is 79.9. The fourth-order valence-corrected chi connectivity index (χ4v) is 1.47. The first-order valence-corrected chi connectivity index (χ1v) is 4.96. The molecule has 0 aliphatic heterocycles. The second-order valence-corrected chi connectivity index (χ2v) is 3.68. The van der Waals surface area contributed by atoms with Gasteiger partial charge in [-0.2, -0.15) is 0 Å². The van der Waals surface area contributed by atoms with Crippen molar-refractivity contribution in [1.82, 2.24) is 0 Å². The second-order valence-electron chi connectivity index (χ2n) is 2.96. The van der Waals surface area contributed by atoms with Crippen molar-refractivity contribution in [2.45, 2.75) is 13.8 Å². The summed E-state index contributed by atoms with van der Waals surface area (Å²) in [6.45, 7) is 3.90. The fraction of sp³-hybridized carbons (Fsp3) is 0.300. The highest BCUT2D eigenvalue weighted by molar-refractivity contribution is 9.18. The number of ether oxygens (including phenoxy) is 1. The van der Waals surface area contributed by atoms with E-state index in [1.54, 1.807) is 7.11 Å². The van der Waals surface area contributed by atoms with Crippen LogP contribution in [0.1, 0.15) is 11.1 Å². The molecule has 14 heavy (non-hydrogen) atoms. The number of hydrogen-bond donors (Lipinski definition) is 1. The summed E-state index contributed by atoms with van der Waals surface area (Å²) in [7, 11) is 1.63. The Morgan fingerprint density at radius 1 is 1.36 bits per heavy atom. The van der Waals surface area contributed by atoms with Crippen molar-refractivity contribution in [3.8, 4) is 5.75 Å². The van der Waals surface area contributed by atoms with Crippen molar-refractivity contribution < 1.29 is 9.53 Å². The molecule has 76 valence electrons. The molecule has 0 unspecified atom stereocenters. The van der Waals surface area contributed by atoms with Crippen LogP contribution in [0.4, 0.5) is 10.5 Å². The predicted molar refractivity (Wildman–Crippen MR) is 60.4 cm³/mol. The van der Waals surface area contributed by atoms with Crippen LogP contribution in [0.2, 0.25) is 0 Å². The molecule has 0 spiro atoms. The summed E-state index contributed by atoms with van der Waals surface area (Å²) in [4.78, 5) is 10.6. The Kier molecular flexibility index (Phi) is 3.52. The number of anilines is 1. The molecule has 0 fully saturated rings. The molecule has 1 amide bonds. The van der Waals surface area contributed by atoms with Crippen molar-refractivity contribution in [1.29, 1.82) is 0 Å². The summed E-state index contributed by atoms with van der Waals surface area (Å²) in [5, 5.41) is 2.69. The molecule has 3 nitrogen and oxygen atoms in total. The van der Waals surface area contributed by atoms with Crippen LogP contribution in [0.15, 0.2) is 12.1 Å². The van der Waals surface area contributed by atoms with Crippen molar-refractivity contribution in [2.75, 3.05) is 12.4 Å². The average molecular weight is 258 g/mol. The Morgan fingerprint density at radius 2 is 2.00 bits per heavy atom. The van der Waals surface area contributed by atoms with Crippen LogP contribution in [-0.4, -0.2) is 11.9 Å². The molecule has 0 saturated heterocycles. The molecule has 1 aromatic carbocycles. The molecule has 4 heteroatoms. The SMILES string of the molecule is COc1ccc(NC(=O)Br)c(C)c1C. The summed E-state index contributed by atoms with van der Waals surface area (Å²) in [6.07, 6.45) is 0. The maximum absolute atomic E-state index is 10.8. The fourth-order valence-electron chi connectivity index (χ4n) is 1.26. The number of methoxy groups -OCH3 is 1. The van der Waals surface area contributed by atoms with E-state index in [0.717, 1.165) is 22.6 Å². The van der Waals surface area contributed by atoms with Gasteiger partial charge in [-0.1, -0.05) is 0 Å². The molecule has 0 aliphatic rings. The number of carbonyl (C=O) groups excluding carboxylic acids is 1. The second kappa shape index (κ2) is 4.46. The summed E-state index contributed by atoms with van der Waals surface area (Å²) in [6, 6.07) is 3.65. The van der Waals surface area contributed by atoms with E-state index in [1.165, 1.54) is 0 Å². The lowest BCUT2D eigenvalue weighted by Gasteiger charge is -2.11. The monoisotopic (exact) mass is 257 g/mol. The Morgan fingerprint density at radius 3 is 2.50 bits per heavy atom. The number of amides is 1. The first-order valence-electron chi connectivity index (χ1n) is 4.17. The lowest BCUT2D eigenvalue weighted by molar-refractivity contribution is 0.270. The Bertz CT molecular complexity index is 363. The number of rotatable bonds is 2. The van der Waals surface area contributed by atoms with Crippen molar-refractivity contribution >= 4 is 26.4 Å². The minimum absolute atomic E-state index is 0.245. The Balaban J connectivity index is 3.10. The minimum atomic E-state index is -0.245. The lowest BCUT2D eigenvalue weighted by atomic mass is 10.1. The third kappa shape index (κ3) is 2.26. The van der Waals surface area contributed by atoms with E-state index in [-0.39, 0.29) is 4.82 Å². The largest absolute Gasteiger partial charge is 0.496 e. The minimum Gasteiger partial charge on any atom is -0.496 e. The van der Waals surface area contributed by atoms with Crippen LogP contribution in [-0.2, 0) is 0 Å². The molecule has 0 saturated carbocycles. The molecule has 0 heterocycles. The molecular weight excluding hydrogens is 246 g/mol. The molecule has 0 radical (unpaired) electrons. The van der Waals surface area contributed by atoms with Gasteiger partial charge in [-0.3, -0.25) is 4.79 Å². The van der Waals surface area contributed by atoms with Gasteiger partial charge < -0.3 is 10.1 Å². The molecule has 0 aromatic heterocycles. The molecule has 1 N–H and O–H groups in total. The van der Waals surface area contributed by atoms with E-state index in [4.69, 9.17) is 4.74 Å². The topological polar surface area (TPSA) is 38.3 Å². The maximum Gasteiger partial charge on any atom is 0.291 e. The Hall–Kier alpha value is -1.03. The third-order valence-electron chi connectivity index (χ3n) is 2.19. The smallest absolute Gasteiger partial charge is 0.291 e. The normalized spacial score (nSPS) is 9.71. The molecular formula is C10H12BrNO2. The van der Waals surface area contributed by atoms with Gasteiger partial charge in [-0.15, -0.1) is 0 Å². The van der Waals surface area contributed by atoms with Gasteiger partial charge in [-0.05, 0) is 37.1 Å². The van der Waals surface area contributed by atoms with Crippen LogP contribution >= 0.6 is 15.9 Å². The highest BCUT2D eigenvalue weighted by Crippen LogP contribution is 2.27. The van der Waals surface area contributed by atoms with E-state index < -0.39 is 0 Å². The number of halogens is 1. The van der Waals surface area contributed by atoms with E-state index in [2.05, 4.69) is 21.2 Å². The van der Waals surface area contributed by atoms with Gasteiger partial charge in [0.1, 0.15) is 5.75 Å². The third-order valence-corrected chi connectivity index (χ3v) is 2.39. The highest BCUT2D eigenvalue weighted by Gasteiger charge is 2.07. The van der Waals surface area contributed by atoms with Crippen LogP contribution < -0.4 is 10.1 Å². The van der Waals surface area contributed by atoms with Crippen molar-refractivity contribution in [3.05, 3.63) is 23.3 Å². The van der Waals surface area contributed by atoms with Gasteiger partial charge in [0.2, 0.25) is 0 Å². The zero-order chi connectivity index (χ0) is 10.7.